The van der Waals surface area contributed by atoms with Gasteiger partial charge in [0.05, 0.1) is 0 Å². The van der Waals surface area contributed by atoms with Crippen molar-refractivity contribution in [1.82, 2.24) is 5.32 Å². The van der Waals surface area contributed by atoms with Crippen molar-refractivity contribution in [2.75, 3.05) is 19.8 Å². The first-order chi connectivity index (χ1) is 9.63. The molecule has 2 nitrogen and oxygen atoms in total. The molecule has 112 valence electrons. The first kappa shape index (κ1) is 15.5. The predicted octanol–water partition coefficient (Wildman–Crippen LogP) is 3.91. The summed E-state index contributed by atoms with van der Waals surface area (Å²) in [4.78, 5) is 0. The highest BCUT2D eigenvalue weighted by Gasteiger charge is 2.27. The fourth-order valence-electron chi connectivity index (χ4n) is 3.27. The van der Waals surface area contributed by atoms with Crippen LogP contribution >= 0.6 is 0 Å². The highest BCUT2D eigenvalue weighted by Crippen LogP contribution is 2.34. The van der Waals surface area contributed by atoms with Crippen molar-refractivity contribution >= 4 is 0 Å². The minimum Gasteiger partial charge on any atom is -0.381 e. The van der Waals surface area contributed by atoms with Crippen molar-refractivity contribution in [3.63, 3.8) is 0 Å². The number of rotatable bonds is 5. The lowest BCUT2D eigenvalue weighted by Crippen LogP contribution is -2.33. The number of aryl methyl sites for hydroxylation is 2. The molecule has 1 aliphatic rings. The molecule has 1 heterocycles. The Morgan fingerprint density at radius 1 is 1.25 bits per heavy atom. The van der Waals surface area contributed by atoms with Crippen molar-refractivity contribution in [3.8, 4) is 0 Å². The molecule has 0 saturated carbocycles. The van der Waals surface area contributed by atoms with Crippen LogP contribution in [0, 0.1) is 25.6 Å². The topological polar surface area (TPSA) is 21.3 Å². The van der Waals surface area contributed by atoms with Crippen molar-refractivity contribution in [3.05, 3.63) is 34.6 Å². The summed E-state index contributed by atoms with van der Waals surface area (Å²) >= 11 is 0. The van der Waals surface area contributed by atoms with Crippen LogP contribution in [0.3, 0.4) is 0 Å². The summed E-state index contributed by atoms with van der Waals surface area (Å²) in [5, 5.41) is 3.68. The molecule has 2 rings (SSSR count). The predicted molar refractivity (Wildman–Crippen MR) is 80.5 cm³/mol. The zero-order valence-electron chi connectivity index (χ0n) is 12.8. The minimum atomic E-state index is -0.134. The van der Waals surface area contributed by atoms with Gasteiger partial charge in [-0.25, -0.2) is 4.39 Å². The summed E-state index contributed by atoms with van der Waals surface area (Å²) in [5.74, 6) is 0.447. The van der Waals surface area contributed by atoms with Gasteiger partial charge >= 0.3 is 0 Å². The van der Waals surface area contributed by atoms with Gasteiger partial charge in [-0.1, -0.05) is 6.92 Å². The molecule has 1 aromatic rings. The lowest BCUT2D eigenvalue weighted by Gasteiger charge is -2.33. The van der Waals surface area contributed by atoms with Crippen LogP contribution in [-0.4, -0.2) is 19.8 Å². The molecule has 20 heavy (non-hydrogen) atoms. The van der Waals surface area contributed by atoms with Gasteiger partial charge in [0.2, 0.25) is 0 Å². The van der Waals surface area contributed by atoms with Gasteiger partial charge in [-0.2, -0.15) is 0 Å². The highest BCUT2D eigenvalue weighted by molar-refractivity contribution is 5.37. The molecule has 0 spiro atoms. The van der Waals surface area contributed by atoms with Crippen LogP contribution in [0.2, 0.25) is 0 Å². The Kier molecular flexibility index (Phi) is 5.55. The quantitative estimate of drug-likeness (QED) is 0.882. The molecule has 1 N–H and O–H groups in total. The first-order valence-electron chi connectivity index (χ1n) is 7.71. The second-order valence-electron chi connectivity index (χ2n) is 5.83. The molecular weight excluding hydrogens is 253 g/mol. The molecule has 0 bridgehead atoms. The molecule has 0 aromatic heterocycles. The van der Waals surface area contributed by atoms with E-state index in [0.717, 1.165) is 50.1 Å². The van der Waals surface area contributed by atoms with Gasteiger partial charge in [0.25, 0.3) is 0 Å². The number of ether oxygens (including phenoxy) is 1. The number of hydrogen-bond donors (Lipinski definition) is 1. The van der Waals surface area contributed by atoms with Gasteiger partial charge in [0.15, 0.2) is 0 Å². The third kappa shape index (κ3) is 3.58. The second-order valence-corrected chi connectivity index (χ2v) is 5.83. The van der Waals surface area contributed by atoms with E-state index in [-0.39, 0.29) is 5.82 Å². The van der Waals surface area contributed by atoms with Crippen LogP contribution in [-0.2, 0) is 4.74 Å². The normalized spacial score (nSPS) is 18.2. The van der Waals surface area contributed by atoms with Gasteiger partial charge < -0.3 is 10.1 Å². The zero-order valence-corrected chi connectivity index (χ0v) is 12.8. The molecule has 3 heteroatoms. The largest absolute Gasteiger partial charge is 0.381 e. The van der Waals surface area contributed by atoms with Crippen molar-refractivity contribution in [2.24, 2.45) is 5.92 Å². The number of benzene rings is 1. The Morgan fingerprint density at radius 3 is 2.40 bits per heavy atom. The van der Waals surface area contributed by atoms with Crippen LogP contribution in [0.4, 0.5) is 4.39 Å². The van der Waals surface area contributed by atoms with Crippen molar-refractivity contribution < 1.29 is 9.13 Å². The van der Waals surface area contributed by atoms with Crippen LogP contribution < -0.4 is 5.32 Å². The van der Waals surface area contributed by atoms with Crippen LogP contribution in [0.25, 0.3) is 0 Å². The van der Waals surface area contributed by atoms with Crippen molar-refractivity contribution in [2.45, 2.75) is 46.1 Å². The molecule has 0 amide bonds. The maximum absolute atomic E-state index is 13.5. The Hall–Kier alpha value is -0.930. The minimum absolute atomic E-state index is 0.134. The molecule has 1 atom stereocenters. The Balaban J connectivity index is 2.29. The van der Waals surface area contributed by atoms with Crippen LogP contribution in [0.1, 0.15) is 48.9 Å². The lowest BCUT2D eigenvalue weighted by atomic mass is 9.83. The average molecular weight is 279 g/mol. The van der Waals surface area contributed by atoms with E-state index in [0.29, 0.717) is 12.0 Å². The van der Waals surface area contributed by atoms with Crippen LogP contribution in [0.5, 0.6) is 0 Å². The van der Waals surface area contributed by atoms with Crippen molar-refractivity contribution in [1.29, 1.82) is 0 Å². The maximum Gasteiger partial charge on any atom is 0.123 e. The summed E-state index contributed by atoms with van der Waals surface area (Å²) in [6.45, 7) is 8.90. The Bertz CT molecular complexity index is 418. The first-order valence-corrected chi connectivity index (χ1v) is 7.71. The van der Waals surface area contributed by atoms with E-state index < -0.39 is 0 Å². The Morgan fingerprint density at radius 2 is 1.85 bits per heavy atom. The van der Waals surface area contributed by atoms with E-state index in [4.69, 9.17) is 4.74 Å². The van der Waals surface area contributed by atoms with E-state index in [9.17, 15) is 4.39 Å². The van der Waals surface area contributed by atoms with Gasteiger partial charge in [0, 0.05) is 19.3 Å². The van der Waals surface area contributed by atoms with Gasteiger partial charge in [-0.15, -0.1) is 0 Å². The highest BCUT2D eigenvalue weighted by atomic mass is 19.1. The number of nitrogens with one attached hydrogen (secondary N) is 1. The summed E-state index contributed by atoms with van der Waals surface area (Å²) in [5.41, 5.74) is 3.40. The summed E-state index contributed by atoms with van der Waals surface area (Å²) in [6.07, 6.45) is 3.27. The SMILES string of the molecule is CCCNC(c1c(C)cc(F)cc1C)C1CCOCC1. The molecule has 0 aliphatic carbocycles. The van der Waals surface area contributed by atoms with E-state index in [2.05, 4.69) is 12.2 Å². The lowest BCUT2D eigenvalue weighted by molar-refractivity contribution is 0.0534. The van der Waals surface area contributed by atoms with E-state index in [1.807, 2.05) is 13.8 Å². The molecule has 1 saturated heterocycles. The third-order valence-electron chi connectivity index (χ3n) is 4.22. The number of halogens is 1. The van der Waals surface area contributed by atoms with Gasteiger partial charge in [-0.05, 0) is 74.4 Å². The molecular formula is C17H26FNO. The molecule has 0 radical (unpaired) electrons. The fraction of sp³-hybridized carbons (Fsp3) is 0.647. The standard InChI is InChI=1S/C17H26FNO/c1-4-7-19-17(14-5-8-20-9-6-14)16-12(2)10-15(18)11-13(16)3/h10-11,14,17,19H,4-9H2,1-3H3. The summed E-state index contributed by atoms with van der Waals surface area (Å²) in [6, 6.07) is 3.63. The van der Waals surface area contributed by atoms with E-state index >= 15 is 0 Å². The number of hydrogen-bond acceptors (Lipinski definition) is 2. The summed E-state index contributed by atoms with van der Waals surface area (Å²) in [7, 11) is 0. The Labute approximate surface area is 121 Å². The van der Waals surface area contributed by atoms with Gasteiger partial charge in [-0.3, -0.25) is 0 Å². The van der Waals surface area contributed by atoms with E-state index in [1.54, 1.807) is 12.1 Å². The second kappa shape index (κ2) is 7.19. The summed E-state index contributed by atoms with van der Waals surface area (Å²) < 4.78 is 19.0. The molecule has 1 unspecified atom stereocenters. The monoisotopic (exact) mass is 279 g/mol. The molecule has 1 aromatic carbocycles. The van der Waals surface area contributed by atoms with E-state index in [1.165, 1.54) is 5.56 Å². The molecule has 1 aliphatic heterocycles. The third-order valence-corrected chi connectivity index (χ3v) is 4.22. The fourth-order valence-corrected chi connectivity index (χ4v) is 3.27. The smallest absolute Gasteiger partial charge is 0.123 e. The zero-order chi connectivity index (χ0) is 14.5. The molecule has 1 fully saturated rings. The average Bonchev–Trinajstić information content (AvgIpc) is 2.42. The van der Waals surface area contributed by atoms with Gasteiger partial charge in [0.1, 0.15) is 5.82 Å². The van der Waals surface area contributed by atoms with Crippen LogP contribution in [0.15, 0.2) is 12.1 Å². The maximum atomic E-state index is 13.5.